The molecule has 0 amide bonds. The van der Waals surface area contributed by atoms with E-state index >= 15 is 0 Å². The van der Waals surface area contributed by atoms with Gasteiger partial charge in [-0.3, -0.25) is 4.79 Å². The quantitative estimate of drug-likeness (QED) is 0.690. The van der Waals surface area contributed by atoms with E-state index in [1.54, 1.807) is 19.2 Å². The van der Waals surface area contributed by atoms with E-state index in [0.717, 1.165) is 27.6 Å². The van der Waals surface area contributed by atoms with Crippen LogP contribution in [0.4, 0.5) is 0 Å². The van der Waals surface area contributed by atoms with Gasteiger partial charge in [0.2, 0.25) is 10.0 Å². The molecule has 1 atom stereocenters. The van der Waals surface area contributed by atoms with Gasteiger partial charge >= 0.3 is 0 Å². The Kier molecular flexibility index (Phi) is 5.07. The Balaban J connectivity index is 2.02. The number of para-hydroxylation sites is 1. The predicted molar refractivity (Wildman–Crippen MR) is 116 cm³/mol. The number of methoxy groups -OCH3 is 2. The fourth-order valence-electron chi connectivity index (χ4n) is 4.21. The molecule has 0 saturated carbocycles. The molecule has 0 spiro atoms. The summed E-state index contributed by atoms with van der Waals surface area (Å²) in [7, 11) is -0.482. The Morgan fingerprint density at radius 1 is 1.07 bits per heavy atom. The first-order chi connectivity index (χ1) is 14.2. The number of nitrogens with zero attached hydrogens (tertiary/aromatic N) is 1. The zero-order valence-electron chi connectivity index (χ0n) is 17.4. The third kappa shape index (κ3) is 3.36. The van der Waals surface area contributed by atoms with Crippen LogP contribution in [0.25, 0.3) is 10.9 Å². The number of H-pyrrole nitrogens is 1. The normalized spacial score (nSPS) is 17.0. The van der Waals surface area contributed by atoms with Gasteiger partial charge in [0.25, 0.3) is 5.56 Å². The van der Waals surface area contributed by atoms with E-state index in [1.165, 1.54) is 17.7 Å². The number of sulfonamides is 1. The number of aromatic nitrogens is 1. The second-order valence-electron chi connectivity index (χ2n) is 7.53. The molecule has 2 aromatic carbocycles. The average Bonchev–Trinajstić information content (AvgIpc) is 2.71. The molecule has 0 radical (unpaired) electrons. The molecule has 0 aliphatic carbocycles. The van der Waals surface area contributed by atoms with E-state index in [-0.39, 0.29) is 12.1 Å². The number of benzene rings is 2. The smallest absolute Gasteiger partial charge is 0.253 e. The summed E-state index contributed by atoms with van der Waals surface area (Å²) in [5.41, 5.74) is 3.43. The van der Waals surface area contributed by atoms with Gasteiger partial charge in [0, 0.05) is 12.1 Å². The summed E-state index contributed by atoms with van der Waals surface area (Å²) in [6, 6.07) is 10.4. The SMILES string of the molecule is COc1cc2c(cc1OC)C(c1cc3cccc(C)c3[nH]c1=O)N(S(C)(=O)=O)CC2. The molecule has 8 heteroatoms. The Labute approximate surface area is 175 Å². The summed E-state index contributed by atoms with van der Waals surface area (Å²) in [4.78, 5) is 16.1. The van der Waals surface area contributed by atoms with Crippen LogP contribution in [0.5, 0.6) is 11.5 Å². The van der Waals surface area contributed by atoms with E-state index in [2.05, 4.69) is 4.98 Å². The van der Waals surface area contributed by atoms with Crippen molar-refractivity contribution in [3.63, 3.8) is 0 Å². The number of ether oxygens (including phenoxy) is 2. The number of pyridine rings is 1. The van der Waals surface area contributed by atoms with Crippen LogP contribution in [0.2, 0.25) is 0 Å². The lowest BCUT2D eigenvalue weighted by Gasteiger charge is -2.36. The van der Waals surface area contributed by atoms with Crippen molar-refractivity contribution in [3.05, 3.63) is 69.0 Å². The lowest BCUT2D eigenvalue weighted by molar-refractivity contribution is 0.332. The number of fused-ring (bicyclic) bond motifs is 2. The van der Waals surface area contributed by atoms with Crippen LogP contribution in [0.1, 0.15) is 28.3 Å². The van der Waals surface area contributed by atoms with Crippen LogP contribution >= 0.6 is 0 Å². The Morgan fingerprint density at radius 3 is 2.43 bits per heavy atom. The van der Waals surface area contributed by atoms with Crippen LogP contribution < -0.4 is 15.0 Å². The largest absolute Gasteiger partial charge is 0.493 e. The molecule has 30 heavy (non-hydrogen) atoms. The van der Waals surface area contributed by atoms with Crippen LogP contribution in [-0.4, -0.2) is 44.7 Å². The summed E-state index contributed by atoms with van der Waals surface area (Å²) < 4.78 is 37.5. The van der Waals surface area contributed by atoms with Gasteiger partial charge in [-0.15, -0.1) is 0 Å². The molecule has 1 aliphatic rings. The van der Waals surface area contributed by atoms with E-state index < -0.39 is 16.1 Å². The van der Waals surface area contributed by atoms with Crippen LogP contribution in [0.3, 0.4) is 0 Å². The lowest BCUT2D eigenvalue weighted by atomic mass is 9.89. The zero-order valence-corrected chi connectivity index (χ0v) is 18.2. The minimum absolute atomic E-state index is 0.275. The number of hydrogen-bond acceptors (Lipinski definition) is 5. The molecule has 3 aromatic rings. The van der Waals surface area contributed by atoms with Crippen molar-refractivity contribution in [2.75, 3.05) is 27.0 Å². The summed E-state index contributed by atoms with van der Waals surface area (Å²) in [5.74, 6) is 1.07. The summed E-state index contributed by atoms with van der Waals surface area (Å²) in [6.45, 7) is 2.20. The fourth-order valence-corrected chi connectivity index (χ4v) is 5.24. The van der Waals surface area contributed by atoms with Crippen molar-refractivity contribution in [2.45, 2.75) is 19.4 Å². The van der Waals surface area contributed by atoms with Gasteiger partial charge < -0.3 is 14.5 Å². The Morgan fingerprint density at radius 2 is 1.77 bits per heavy atom. The first kappa shape index (κ1) is 20.4. The van der Waals surface area contributed by atoms with Crippen LogP contribution in [0.15, 0.2) is 41.2 Å². The maximum atomic E-state index is 13.1. The van der Waals surface area contributed by atoms with Gasteiger partial charge in [-0.25, -0.2) is 8.42 Å². The van der Waals surface area contributed by atoms with Gasteiger partial charge in [0.05, 0.1) is 32.0 Å². The topological polar surface area (TPSA) is 88.7 Å². The molecule has 1 aromatic heterocycles. The van der Waals surface area contributed by atoms with Gasteiger partial charge in [0.15, 0.2) is 11.5 Å². The number of aryl methyl sites for hydroxylation is 1. The highest BCUT2D eigenvalue weighted by Crippen LogP contribution is 2.41. The Bertz CT molecular complexity index is 1300. The van der Waals surface area contributed by atoms with E-state index in [1.807, 2.05) is 31.2 Å². The fraction of sp³-hybridized carbons (Fsp3) is 0.318. The lowest BCUT2D eigenvalue weighted by Crippen LogP contribution is -2.42. The molecule has 1 unspecified atom stereocenters. The van der Waals surface area contributed by atoms with Gasteiger partial charge in [-0.05, 0) is 53.6 Å². The molecular formula is C22H24N2O5S. The van der Waals surface area contributed by atoms with E-state index in [9.17, 15) is 13.2 Å². The second-order valence-corrected chi connectivity index (χ2v) is 9.46. The molecule has 4 rings (SSSR count). The zero-order chi connectivity index (χ0) is 21.6. The molecule has 0 fully saturated rings. The first-order valence-corrected chi connectivity index (χ1v) is 11.4. The Hall–Kier alpha value is -2.84. The minimum atomic E-state index is -3.57. The van der Waals surface area contributed by atoms with Gasteiger partial charge in [0.1, 0.15) is 0 Å². The van der Waals surface area contributed by atoms with Crippen LogP contribution in [-0.2, 0) is 16.4 Å². The van der Waals surface area contributed by atoms with Crippen molar-refractivity contribution >= 4 is 20.9 Å². The molecule has 1 N–H and O–H groups in total. The second kappa shape index (κ2) is 7.45. The summed E-state index contributed by atoms with van der Waals surface area (Å²) in [6.07, 6.45) is 1.69. The number of nitrogens with one attached hydrogen (secondary N) is 1. The van der Waals surface area contributed by atoms with Crippen LogP contribution in [0, 0.1) is 6.92 Å². The van der Waals surface area contributed by atoms with Crippen molar-refractivity contribution in [1.82, 2.24) is 9.29 Å². The average molecular weight is 429 g/mol. The summed E-state index contributed by atoms with van der Waals surface area (Å²) in [5, 5.41) is 0.852. The minimum Gasteiger partial charge on any atom is -0.493 e. The maximum absolute atomic E-state index is 13.1. The van der Waals surface area contributed by atoms with E-state index in [0.29, 0.717) is 23.5 Å². The molecular weight excluding hydrogens is 404 g/mol. The first-order valence-electron chi connectivity index (χ1n) is 9.58. The predicted octanol–water partition coefficient (Wildman–Crippen LogP) is 2.76. The number of rotatable bonds is 4. The highest BCUT2D eigenvalue weighted by atomic mass is 32.2. The van der Waals surface area contributed by atoms with Gasteiger partial charge in [-0.1, -0.05) is 18.2 Å². The molecule has 0 saturated heterocycles. The molecule has 7 nitrogen and oxygen atoms in total. The number of aromatic amines is 1. The standard InChI is InChI=1S/C22H24N2O5S/c1-13-6-5-7-15-10-17(22(25)23-20(13)15)21-16-12-19(29-3)18(28-2)11-14(16)8-9-24(21)30(4,26)27/h5-7,10-12,21H,8-9H2,1-4H3,(H,23,25). The molecule has 2 heterocycles. The monoisotopic (exact) mass is 428 g/mol. The molecule has 0 bridgehead atoms. The van der Waals surface area contributed by atoms with E-state index in [4.69, 9.17) is 9.47 Å². The van der Waals surface area contributed by atoms with Crippen molar-refractivity contribution in [3.8, 4) is 11.5 Å². The number of hydrogen-bond donors (Lipinski definition) is 1. The molecule has 158 valence electrons. The highest BCUT2D eigenvalue weighted by molar-refractivity contribution is 7.88. The maximum Gasteiger partial charge on any atom is 0.253 e. The van der Waals surface area contributed by atoms with Crippen molar-refractivity contribution < 1.29 is 17.9 Å². The highest BCUT2D eigenvalue weighted by Gasteiger charge is 2.37. The third-order valence-corrected chi connectivity index (χ3v) is 6.91. The van der Waals surface area contributed by atoms with Gasteiger partial charge in [-0.2, -0.15) is 4.31 Å². The molecule has 1 aliphatic heterocycles. The third-order valence-electron chi connectivity index (χ3n) is 5.67. The van der Waals surface area contributed by atoms with Crippen molar-refractivity contribution in [2.24, 2.45) is 0 Å². The summed E-state index contributed by atoms with van der Waals surface area (Å²) >= 11 is 0. The van der Waals surface area contributed by atoms with Crippen molar-refractivity contribution in [1.29, 1.82) is 0 Å².